The second-order valence-electron chi connectivity index (χ2n) is 6.87. The SMILES string of the molecule is Cc1ccc(S(=O)(=O)Nc2ccccc2NC=CC(=O)c2ccc3c(c2)OCO3)cc1. The number of aryl methyl sites for hydroxylation is 1. The topological polar surface area (TPSA) is 93.7 Å². The van der Waals surface area contributed by atoms with Crippen LogP contribution in [0, 0.1) is 6.92 Å². The Bertz CT molecular complexity index is 1250. The van der Waals surface area contributed by atoms with Crippen molar-refractivity contribution in [3.63, 3.8) is 0 Å². The highest BCUT2D eigenvalue weighted by Gasteiger charge is 2.16. The smallest absolute Gasteiger partial charge is 0.261 e. The van der Waals surface area contributed by atoms with Crippen LogP contribution in [0.1, 0.15) is 15.9 Å². The van der Waals surface area contributed by atoms with Crippen LogP contribution in [-0.4, -0.2) is 21.0 Å². The van der Waals surface area contributed by atoms with Crippen LogP contribution in [0.4, 0.5) is 11.4 Å². The van der Waals surface area contributed by atoms with Crippen LogP contribution in [0.2, 0.25) is 0 Å². The second kappa shape index (κ2) is 8.53. The number of hydrogen-bond acceptors (Lipinski definition) is 6. The van der Waals surface area contributed by atoms with Gasteiger partial charge in [-0.3, -0.25) is 9.52 Å². The number of ketones is 1. The van der Waals surface area contributed by atoms with Crippen molar-refractivity contribution in [2.24, 2.45) is 0 Å². The Morgan fingerprint density at radius 3 is 2.42 bits per heavy atom. The number of hydrogen-bond donors (Lipinski definition) is 2. The fourth-order valence-electron chi connectivity index (χ4n) is 2.97. The first-order chi connectivity index (χ1) is 14.9. The van der Waals surface area contributed by atoms with Gasteiger partial charge in [0.2, 0.25) is 6.79 Å². The number of sulfonamides is 1. The van der Waals surface area contributed by atoms with Crippen molar-refractivity contribution in [3.05, 3.63) is 90.1 Å². The van der Waals surface area contributed by atoms with E-state index in [4.69, 9.17) is 9.47 Å². The Morgan fingerprint density at radius 2 is 1.65 bits per heavy atom. The normalized spacial score (nSPS) is 12.7. The molecule has 1 heterocycles. The number of carbonyl (C=O) groups is 1. The van der Waals surface area contributed by atoms with Gasteiger partial charge in [0.05, 0.1) is 16.3 Å². The summed E-state index contributed by atoms with van der Waals surface area (Å²) in [7, 11) is -3.75. The first-order valence-electron chi connectivity index (χ1n) is 9.48. The Labute approximate surface area is 180 Å². The molecule has 3 aromatic carbocycles. The number of carbonyl (C=O) groups excluding carboxylic acids is 1. The molecule has 0 aromatic heterocycles. The Hall–Kier alpha value is -3.78. The van der Waals surface area contributed by atoms with Crippen LogP contribution < -0.4 is 19.5 Å². The molecule has 0 spiro atoms. The fraction of sp³-hybridized carbons (Fsp3) is 0.0870. The average molecular weight is 436 g/mol. The van der Waals surface area contributed by atoms with E-state index in [0.29, 0.717) is 28.4 Å². The van der Waals surface area contributed by atoms with Gasteiger partial charge in [-0.1, -0.05) is 29.8 Å². The molecule has 31 heavy (non-hydrogen) atoms. The zero-order valence-electron chi connectivity index (χ0n) is 16.7. The van der Waals surface area contributed by atoms with Gasteiger partial charge in [-0.15, -0.1) is 0 Å². The van der Waals surface area contributed by atoms with Gasteiger partial charge in [0.1, 0.15) is 0 Å². The third-order valence-electron chi connectivity index (χ3n) is 4.63. The molecular formula is C23H20N2O5S. The first kappa shape index (κ1) is 20.5. The molecule has 0 atom stereocenters. The number of ether oxygens (including phenoxy) is 2. The highest BCUT2D eigenvalue weighted by atomic mass is 32.2. The van der Waals surface area contributed by atoms with Gasteiger partial charge >= 0.3 is 0 Å². The molecule has 2 N–H and O–H groups in total. The lowest BCUT2D eigenvalue weighted by Gasteiger charge is -2.12. The number of para-hydroxylation sites is 2. The maximum atomic E-state index is 12.7. The minimum absolute atomic E-state index is 0.139. The maximum Gasteiger partial charge on any atom is 0.261 e. The van der Waals surface area contributed by atoms with E-state index < -0.39 is 10.0 Å². The zero-order chi connectivity index (χ0) is 21.8. The van der Waals surface area contributed by atoms with E-state index in [0.717, 1.165) is 5.56 Å². The Morgan fingerprint density at radius 1 is 0.935 bits per heavy atom. The number of nitrogens with one attached hydrogen (secondary N) is 2. The zero-order valence-corrected chi connectivity index (χ0v) is 17.5. The third kappa shape index (κ3) is 4.70. The van der Waals surface area contributed by atoms with Crippen LogP contribution >= 0.6 is 0 Å². The summed E-state index contributed by atoms with van der Waals surface area (Å²) in [5, 5.41) is 2.97. The van der Waals surface area contributed by atoms with Gasteiger partial charge < -0.3 is 14.8 Å². The van der Waals surface area contributed by atoms with Crippen LogP contribution in [0.3, 0.4) is 0 Å². The quantitative estimate of drug-likeness (QED) is 0.423. The summed E-state index contributed by atoms with van der Waals surface area (Å²) in [6.45, 7) is 2.03. The molecule has 0 saturated carbocycles. The summed E-state index contributed by atoms with van der Waals surface area (Å²) < 4.78 is 38.5. The predicted molar refractivity (Wildman–Crippen MR) is 118 cm³/mol. The standard InChI is InChI=1S/C23H20N2O5S/c1-16-6-9-18(10-7-16)31(27,28)25-20-5-3-2-4-19(20)24-13-12-21(26)17-8-11-22-23(14-17)30-15-29-22/h2-14,24-25H,15H2,1H3. The monoisotopic (exact) mass is 436 g/mol. The lowest BCUT2D eigenvalue weighted by atomic mass is 10.1. The molecule has 4 rings (SSSR count). The van der Waals surface area contributed by atoms with E-state index in [9.17, 15) is 13.2 Å². The summed E-state index contributed by atoms with van der Waals surface area (Å²) in [4.78, 5) is 12.6. The van der Waals surface area contributed by atoms with E-state index in [1.807, 2.05) is 6.92 Å². The van der Waals surface area contributed by atoms with Gasteiger partial charge in [0.15, 0.2) is 17.3 Å². The van der Waals surface area contributed by atoms with Crippen LogP contribution in [0.5, 0.6) is 11.5 Å². The number of rotatable bonds is 7. The average Bonchev–Trinajstić information content (AvgIpc) is 3.23. The summed E-state index contributed by atoms with van der Waals surface area (Å²) in [5.74, 6) is 0.903. The Kier molecular flexibility index (Phi) is 5.64. The maximum absolute atomic E-state index is 12.7. The predicted octanol–water partition coefficient (Wildman–Crippen LogP) is 4.33. The number of fused-ring (bicyclic) bond motifs is 1. The Balaban J connectivity index is 1.47. The lowest BCUT2D eigenvalue weighted by Crippen LogP contribution is -2.14. The molecule has 3 aromatic rings. The van der Waals surface area contributed by atoms with E-state index >= 15 is 0 Å². The molecule has 0 amide bonds. The van der Waals surface area contributed by atoms with Gasteiger partial charge in [-0.2, -0.15) is 0 Å². The van der Waals surface area contributed by atoms with Crippen molar-refractivity contribution in [3.8, 4) is 11.5 Å². The van der Waals surface area contributed by atoms with E-state index in [1.165, 1.54) is 12.3 Å². The minimum Gasteiger partial charge on any atom is -0.454 e. The van der Waals surface area contributed by atoms with E-state index in [1.54, 1.807) is 66.7 Å². The lowest BCUT2D eigenvalue weighted by molar-refractivity contribution is 0.104. The largest absolute Gasteiger partial charge is 0.454 e. The molecule has 158 valence electrons. The molecule has 7 nitrogen and oxygen atoms in total. The van der Waals surface area contributed by atoms with Gasteiger partial charge in [0, 0.05) is 17.8 Å². The molecule has 0 unspecified atom stereocenters. The summed E-state index contributed by atoms with van der Waals surface area (Å²) in [6, 6.07) is 18.4. The highest BCUT2D eigenvalue weighted by molar-refractivity contribution is 7.92. The molecule has 0 radical (unpaired) electrons. The third-order valence-corrected chi connectivity index (χ3v) is 6.01. The number of anilines is 2. The van der Waals surface area contributed by atoms with E-state index in [-0.39, 0.29) is 17.5 Å². The summed E-state index contributed by atoms with van der Waals surface area (Å²) in [5.41, 5.74) is 2.30. The molecule has 1 aliphatic heterocycles. The van der Waals surface area contributed by atoms with Crippen LogP contribution in [-0.2, 0) is 10.0 Å². The molecule has 0 aliphatic carbocycles. The van der Waals surface area contributed by atoms with Crippen molar-refractivity contribution in [1.82, 2.24) is 0 Å². The second-order valence-corrected chi connectivity index (χ2v) is 8.56. The van der Waals surface area contributed by atoms with Crippen molar-refractivity contribution in [1.29, 1.82) is 0 Å². The van der Waals surface area contributed by atoms with Gasteiger partial charge in [0.25, 0.3) is 10.0 Å². The highest BCUT2D eigenvalue weighted by Crippen LogP contribution is 2.32. The summed E-state index contributed by atoms with van der Waals surface area (Å²) >= 11 is 0. The van der Waals surface area contributed by atoms with Crippen molar-refractivity contribution in [2.75, 3.05) is 16.8 Å². The van der Waals surface area contributed by atoms with Crippen molar-refractivity contribution < 1.29 is 22.7 Å². The molecule has 0 bridgehead atoms. The van der Waals surface area contributed by atoms with Crippen LogP contribution in [0.25, 0.3) is 0 Å². The fourth-order valence-corrected chi connectivity index (χ4v) is 4.05. The molecular weight excluding hydrogens is 416 g/mol. The van der Waals surface area contributed by atoms with E-state index in [2.05, 4.69) is 10.0 Å². The first-order valence-corrected chi connectivity index (χ1v) is 11.0. The summed E-state index contributed by atoms with van der Waals surface area (Å²) in [6.07, 6.45) is 2.83. The van der Waals surface area contributed by atoms with Gasteiger partial charge in [-0.05, 0) is 49.4 Å². The van der Waals surface area contributed by atoms with Gasteiger partial charge in [-0.25, -0.2) is 8.42 Å². The van der Waals surface area contributed by atoms with Crippen LogP contribution in [0.15, 0.2) is 83.9 Å². The number of benzene rings is 3. The number of allylic oxidation sites excluding steroid dienone is 1. The van der Waals surface area contributed by atoms with Crippen molar-refractivity contribution >= 4 is 27.2 Å². The molecule has 0 saturated heterocycles. The molecule has 0 fully saturated rings. The molecule has 1 aliphatic rings. The van der Waals surface area contributed by atoms with Crippen molar-refractivity contribution in [2.45, 2.75) is 11.8 Å². The molecule has 8 heteroatoms. The minimum atomic E-state index is -3.75.